The third-order valence-corrected chi connectivity index (χ3v) is 1.91. The topological polar surface area (TPSA) is 64.3 Å². The van der Waals surface area contributed by atoms with E-state index < -0.39 is 11.7 Å². The Balaban J connectivity index is 4.05. The number of hydrogen-bond donors (Lipinski definition) is 2. The molecule has 0 aromatic carbocycles. The summed E-state index contributed by atoms with van der Waals surface area (Å²) in [6.45, 7) is 9.94. The zero-order chi connectivity index (χ0) is 13.0. The molecular formula is C11H22N2O2S. The summed E-state index contributed by atoms with van der Waals surface area (Å²) in [4.78, 5) is 11.8. The van der Waals surface area contributed by atoms with Gasteiger partial charge in [-0.25, -0.2) is 4.79 Å². The Labute approximate surface area is 103 Å². The normalized spacial score (nSPS) is 12.1. The van der Waals surface area contributed by atoms with E-state index in [1.54, 1.807) is 0 Å². The average Bonchev–Trinajstić information content (AvgIpc) is 1.95. The van der Waals surface area contributed by atoms with E-state index in [0.717, 1.165) is 0 Å². The Morgan fingerprint density at radius 1 is 1.31 bits per heavy atom. The van der Waals surface area contributed by atoms with Gasteiger partial charge >= 0.3 is 6.09 Å². The molecule has 0 rings (SSSR count). The highest BCUT2D eigenvalue weighted by Gasteiger charge is 2.22. The van der Waals surface area contributed by atoms with Gasteiger partial charge in [0.2, 0.25) is 0 Å². The van der Waals surface area contributed by atoms with E-state index in [4.69, 9.17) is 22.7 Å². The van der Waals surface area contributed by atoms with Gasteiger partial charge in [0.1, 0.15) is 5.60 Å². The summed E-state index contributed by atoms with van der Waals surface area (Å²) in [5.41, 5.74) is 4.85. The van der Waals surface area contributed by atoms with Crippen molar-refractivity contribution in [2.75, 3.05) is 6.54 Å². The summed E-state index contributed by atoms with van der Waals surface area (Å²) < 4.78 is 5.12. The number of nitrogens with two attached hydrogens (primary N) is 1. The maximum Gasteiger partial charge on any atom is 0.407 e. The number of ether oxygens (including phenoxy) is 1. The van der Waals surface area contributed by atoms with Crippen LogP contribution in [-0.4, -0.2) is 23.2 Å². The van der Waals surface area contributed by atoms with Gasteiger partial charge in [0, 0.05) is 13.0 Å². The Kier molecular flexibility index (Phi) is 5.19. The molecule has 3 N–H and O–H groups in total. The van der Waals surface area contributed by atoms with E-state index in [1.165, 1.54) is 0 Å². The lowest BCUT2D eigenvalue weighted by Gasteiger charge is -2.26. The second-order valence-electron chi connectivity index (χ2n) is 5.66. The van der Waals surface area contributed by atoms with Gasteiger partial charge in [-0.15, -0.1) is 0 Å². The lowest BCUT2D eigenvalue weighted by Crippen LogP contribution is -2.39. The molecule has 0 unspecified atom stereocenters. The third kappa shape index (κ3) is 8.47. The zero-order valence-electron chi connectivity index (χ0n) is 10.7. The molecule has 0 atom stereocenters. The third-order valence-electron chi connectivity index (χ3n) is 1.76. The van der Waals surface area contributed by atoms with Crippen LogP contribution in [0.5, 0.6) is 0 Å². The predicted octanol–water partition coefficient (Wildman–Crippen LogP) is 2.21. The number of amides is 1. The highest BCUT2D eigenvalue weighted by molar-refractivity contribution is 7.80. The largest absolute Gasteiger partial charge is 0.444 e. The summed E-state index contributed by atoms with van der Waals surface area (Å²) in [6, 6.07) is 0. The monoisotopic (exact) mass is 246 g/mol. The van der Waals surface area contributed by atoms with Crippen LogP contribution in [0.3, 0.4) is 0 Å². The van der Waals surface area contributed by atoms with E-state index in [0.29, 0.717) is 18.0 Å². The lowest BCUT2D eigenvalue weighted by atomic mass is 9.89. The molecule has 0 saturated heterocycles. The summed E-state index contributed by atoms with van der Waals surface area (Å²) in [5.74, 6) is 0. The first-order valence-corrected chi connectivity index (χ1v) is 5.68. The van der Waals surface area contributed by atoms with Crippen molar-refractivity contribution < 1.29 is 9.53 Å². The van der Waals surface area contributed by atoms with Crippen LogP contribution in [0.2, 0.25) is 0 Å². The first kappa shape index (κ1) is 15.2. The summed E-state index contributed by atoms with van der Waals surface area (Å²) >= 11 is 4.84. The van der Waals surface area contributed by atoms with Crippen LogP contribution >= 0.6 is 12.2 Å². The number of rotatable bonds is 4. The molecule has 0 fully saturated rings. The maximum absolute atomic E-state index is 11.4. The zero-order valence-corrected chi connectivity index (χ0v) is 11.5. The van der Waals surface area contributed by atoms with Gasteiger partial charge in [-0.2, -0.15) is 0 Å². The molecule has 0 spiro atoms. The minimum absolute atomic E-state index is 0.150. The van der Waals surface area contributed by atoms with E-state index in [9.17, 15) is 4.79 Å². The van der Waals surface area contributed by atoms with Crippen molar-refractivity contribution in [1.29, 1.82) is 0 Å². The van der Waals surface area contributed by atoms with Gasteiger partial charge in [0.15, 0.2) is 0 Å². The summed E-state index contributed by atoms with van der Waals surface area (Å²) in [7, 11) is 0. The van der Waals surface area contributed by atoms with Gasteiger partial charge < -0.3 is 15.8 Å². The van der Waals surface area contributed by atoms with Crippen molar-refractivity contribution in [3.63, 3.8) is 0 Å². The first-order chi connectivity index (χ1) is 7.02. The van der Waals surface area contributed by atoms with Crippen LogP contribution in [0.1, 0.15) is 41.0 Å². The molecule has 0 radical (unpaired) electrons. The van der Waals surface area contributed by atoms with Crippen LogP contribution in [0, 0.1) is 5.41 Å². The van der Waals surface area contributed by atoms with Crippen molar-refractivity contribution in [2.24, 2.45) is 11.1 Å². The number of carbonyl (C=O) groups is 1. The SMILES string of the molecule is CC(C)(CNC(=O)OC(C)(C)C)CC(N)=S. The number of thiocarbonyl (C=S) groups is 1. The molecule has 0 bridgehead atoms. The van der Waals surface area contributed by atoms with Gasteiger partial charge in [0.25, 0.3) is 0 Å². The van der Waals surface area contributed by atoms with Crippen molar-refractivity contribution in [3.8, 4) is 0 Å². The van der Waals surface area contributed by atoms with Gasteiger partial charge in [-0.1, -0.05) is 26.1 Å². The van der Waals surface area contributed by atoms with Crippen LogP contribution in [0.4, 0.5) is 4.79 Å². The van der Waals surface area contributed by atoms with Crippen LogP contribution in [0.25, 0.3) is 0 Å². The van der Waals surface area contributed by atoms with Crippen molar-refractivity contribution in [2.45, 2.75) is 46.6 Å². The van der Waals surface area contributed by atoms with Gasteiger partial charge in [-0.3, -0.25) is 0 Å². The van der Waals surface area contributed by atoms with Crippen LogP contribution < -0.4 is 11.1 Å². The minimum atomic E-state index is -0.475. The maximum atomic E-state index is 11.4. The summed E-state index contributed by atoms with van der Waals surface area (Å²) in [5, 5.41) is 2.71. The molecule has 0 saturated carbocycles. The fraction of sp³-hybridized carbons (Fsp3) is 0.818. The Bertz CT molecular complexity index is 270. The van der Waals surface area contributed by atoms with Crippen molar-refractivity contribution in [1.82, 2.24) is 5.32 Å². The molecular weight excluding hydrogens is 224 g/mol. The summed E-state index contributed by atoms with van der Waals surface area (Å²) in [6.07, 6.45) is 0.182. The fourth-order valence-electron chi connectivity index (χ4n) is 1.16. The van der Waals surface area contributed by atoms with E-state index in [-0.39, 0.29) is 5.41 Å². The van der Waals surface area contributed by atoms with Crippen molar-refractivity contribution in [3.05, 3.63) is 0 Å². The standard InChI is InChI=1S/C11H22N2O2S/c1-10(2,3)15-9(14)13-7-11(4,5)6-8(12)16/h6-7H2,1-5H3,(H2,12,16)(H,13,14). The molecule has 16 heavy (non-hydrogen) atoms. The first-order valence-electron chi connectivity index (χ1n) is 5.27. The van der Waals surface area contributed by atoms with E-state index >= 15 is 0 Å². The Morgan fingerprint density at radius 3 is 2.19 bits per heavy atom. The highest BCUT2D eigenvalue weighted by Crippen LogP contribution is 2.19. The van der Waals surface area contributed by atoms with Gasteiger partial charge in [-0.05, 0) is 26.2 Å². The Morgan fingerprint density at radius 2 is 1.81 bits per heavy atom. The fourth-order valence-corrected chi connectivity index (χ4v) is 1.55. The molecule has 0 aliphatic heterocycles. The number of nitrogens with one attached hydrogen (secondary N) is 1. The highest BCUT2D eigenvalue weighted by atomic mass is 32.1. The smallest absolute Gasteiger partial charge is 0.407 e. The molecule has 0 aromatic heterocycles. The molecule has 4 nitrogen and oxygen atoms in total. The molecule has 0 aromatic rings. The minimum Gasteiger partial charge on any atom is -0.444 e. The Hall–Kier alpha value is -0.840. The number of carbonyl (C=O) groups excluding carboxylic acids is 1. The van der Waals surface area contributed by atoms with Gasteiger partial charge in [0.05, 0.1) is 4.99 Å². The second-order valence-corrected chi connectivity index (χ2v) is 6.19. The lowest BCUT2D eigenvalue weighted by molar-refractivity contribution is 0.0507. The molecule has 5 heteroatoms. The molecule has 0 aliphatic carbocycles. The molecule has 1 amide bonds. The van der Waals surface area contributed by atoms with Crippen LogP contribution in [0.15, 0.2) is 0 Å². The second kappa shape index (κ2) is 5.48. The predicted molar refractivity (Wildman–Crippen MR) is 69.4 cm³/mol. The molecule has 0 aliphatic rings. The molecule has 94 valence electrons. The molecule has 0 heterocycles. The van der Waals surface area contributed by atoms with E-state index in [2.05, 4.69) is 5.32 Å². The average molecular weight is 246 g/mol. The number of alkyl carbamates (subject to hydrolysis) is 1. The van der Waals surface area contributed by atoms with Crippen molar-refractivity contribution >= 4 is 23.3 Å². The van der Waals surface area contributed by atoms with E-state index in [1.807, 2.05) is 34.6 Å². The number of hydrogen-bond acceptors (Lipinski definition) is 3. The van der Waals surface area contributed by atoms with Crippen LogP contribution in [-0.2, 0) is 4.74 Å². The quantitative estimate of drug-likeness (QED) is 0.747.